The van der Waals surface area contributed by atoms with Gasteiger partial charge in [-0.3, -0.25) is 9.59 Å². The normalized spacial score (nSPS) is 11.7. The summed E-state index contributed by atoms with van der Waals surface area (Å²) in [7, 11) is 1.59. The molecule has 0 aliphatic carbocycles. The Labute approximate surface area is 149 Å². The maximum absolute atomic E-state index is 12.9. The Morgan fingerprint density at radius 3 is 1.88 bits per heavy atom. The van der Waals surface area contributed by atoms with E-state index >= 15 is 0 Å². The van der Waals surface area contributed by atoms with Gasteiger partial charge in [0.15, 0.2) is 0 Å². The van der Waals surface area contributed by atoms with Gasteiger partial charge in [0.1, 0.15) is 6.04 Å². The van der Waals surface area contributed by atoms with Crippen LogP contribution in [0.1, 0.15) is 29.2 Å². The van der Waals surface area contributed by atoms with Crippen molar-refractivity contribution in [3.63, 3.8) is 0 Å². The molecule has 2 amide bonds. The molecule has 132 valence electrons. The van der Waals surface area contributed by atoms with Gasteiger partial charge in [-0.25, -0.2) is 0 Å². The van der Waals surface area contributed by atoms with Crippen molar-refractivity contribution >= 4 is 11.8 Å². The molecular formula is C21H26N2O2. The van der Waals surface area contributed by atoms with Crippen molar-refractivity contribution in [2.45, 2.75) is 39.8 Å². The number of benzene rings is 2. The molecule has 0 heterocycles. The topological polar surface area (TPSA) is 49.4 Å². The first-order valence-electron chi connectivity index (χ1n) is 8.53. The summed E-state index contributed by atoms with van der Waals surface area (Å²) in [5, 5.41) is 2.63. The zero-order valence-electron chi connectivity index (χ0n) is 15.4. The Kier molecular flexibility index (Phi) is 6.34. The number of hydrogen-bond acceptors (Lipinski definition) is 2. The van der Waals surface area contributed by atoms with E-state index in [1.54, 1.807) is 18.9 Å². The van der Waals surface area contributed by atoms with Crippen LogP contribution in [0.5, 0.6) is 0 Å². The van der Waals surface area contributed by atoms with E-state index in [2.05, 4.69) is 5.32 Å². The fraction of sp³-hybridized carbons (Fsp3) is 0.333. The Hall–Kier alpha value is -2.62. The summed E-state index contributed by atoms with van der Waals surface area (Å²) in [5.41, 5.74) is 4.29. The van der Waals surface area contributed by atoms with Crippen LogP contribution in [0, 0.1) is 13.8 Å². The van der Waals surface area contributed by atoms with Crippen LogP contribution in [0.15, 0.2) is 48.5 Å². The standard InChI is InChI=1S/C21H26N2O2/c1-15-5-9-18(10-6-15)13-20(24)23(17(3)21(25)22-4)14-19-11-7-16(2)8-12-19/h5-12,17H,13-14H2,1-4H3,(H,22,25). The quantitative estimate of drug-likeness (QED) is 0.880. The van der Waals surface area contributed by atoms with Crippen molar-refractivity contribution in [2.75, 3.05) is 7.05 Å². The minimum atomic E-state index is -0.524. The van der Waals surface area contributed by atoms with E-state index in [0.717, 1.165) is 16.7 Å². The molecule has 0 fully saturated rings. The maximum Gasteiger partial charge on any atom is 0.242 e. The van der Waals surface area contributed by atoms with Crippen LogP contribution in [0.3, 0.4) is 0 Å². The Bertz CT molecular complexity index is 721. The molecule has 0 radical (unpaired) electrons. The molecule has 2 aromatic rings. The average Bonchev–Trinajstić information content (AvgIpc) is 2.61. The summed E-state index contributed by atoms with van der Waals surface area (Å²) in [4.78, 5) is 26.6. The molecule has 4 nitrogen and oxygen atoms in total. The number of aryl methyl sites for hydroxylation is 2. The predicted molar refractivity (Wildman–Crippen MR) is 100 cm³/mol. The van der Waals surface area contributed by atoms with Gasteiger partial charge in [0, 0.05) is 13.6 Å². The van der Waals surface area contributed by atoms with Gasteiger partial charge in [0.2, 0.25) is 11.8 Å². The van der Waals surface area contributed by atoms with E-state index in [0.29, 0.717) is 6.54 Å². The number of amides is 2. The van der Waals surface area contributed by atoms with Gasteiger partial charge in [0.05, 0.1) is 6.42 Å². The first-order valence-corrected chi connectivity index (χ1v) is 8.53. The molecule has 0 spiro atoms. The van der Waals surface area contributed by atoms with E-state index in [-0.39, 0.29) is 18.2 Å². The lowest BCUT2D eigenvalue weighted by atomic mass is 10.1. The summed E-state index contributed by atoms with van der Waals surface area (Å²) < 4.78 is 0. The highest BCUT2D eigenvalue weighted by molar-refractivity contribution is 5.88. The number of rotatable bonds is 6. The van der Waals surface area contributed by atoms with Crippen molar-refractivity contribution in [3.05, 3.63) is 70.8 Å². The molecule has 1 unspecified atom stereocenters. The van der Waals surface area contributed by atoms with Gasteiger partial charge in [-0.2, -0.15) is 0 Å². The van der Waals surface area contributed by atoms with E-state index in [1.807, 2.05) is 62.4 Å². The van der Waals surface area contributed by atoms with Gasteiger partial charge >= 0.3 is 0 Å². The van der Waals surface area contributed by atoms with Crippen molar-refractivity contribution < 1.29 is 9.59 Å². The third-order valence-electron chi connectivity index (χ3n) is 4.36. The number of hydrogen-bond donors (Lipinski definition) is 1. The number of carbonyl (C=O) groups is 2. The number of nitrogens with one attached hydrogen (secondary N) is 1. The highest BCUT2D eigenvalue weighted by atomic mass is 16.2. The Morgan fingerprint density at radius 2 is 1.40 bits per heavy atom. The van der Waals surface area contributed by atoms with E-state index in [4.69, 9.17) is 0 Å². The van der Waals surface area contributed by atoms with Crippen LogP contribution in [-0.2, 0) is 22.6 Å². The maximum atomic E-state index is 12.9. The van der Waals surface area contributed by atoms with E-state index in [9.17, 15) is 9.59 Å². The molecule has 0 saturated heterocycles. The third-order valence-corrected chi connectivity index (χ3v) is 4.36. The summed E-state index contributed by atoms with van der Waals surface area (Å²) in [6.07, 6.45) is 0.285. The van der Waals surface area contributed by atoms with Crippen molar-refractivity contribution in [1.82, 2.24) is 10.2 Å². The van der Waals surface area contributed by atoms with Crippen molar-refractivity contribution in [3.8, 4) is 0 Å². The smallest absolute Gasteiger partial charge is 0.242 e. The zero-order valence-corrected chi connectivity index (χ0v) is 15.4. The average molecular weight is 338 g/mol. The fourth-order valence-electron chi connectivity index (χ4n) is 2.66. The van der Waals surface area contributed by atoms with E-state index in [1.165, 1.54) is 5.56 Å². The second kappa shape index (κ2) is 8.47. The van der Waals surface area contributed by atoms with Gasteiger partial charge in [-0.15, -0.1) is 0 Å². The van der Waals surface area contributed by atoms with Crippen LogP contribution in [0.25, 0.3) is 0 Å². The molecule has 0 bridgehead atoms. The summed E-state index contributed by atoms with van der Waals surface area (Å²) in [6.45, 7) is 6.22. The largest absolute Gasteiger partial charge is 0.357 e. The molecule has 25 heavy (non-hydrogen) atoms. The highest BCUT2D eigenvalue weighted by Gasteiger charge is 2.25. The first kappa shape index (κ1) is 18.7. The third kappa shape index (κ3) is 5.18. The molecule has 0 saturated carbocycles. The summed E-state index contributed by atoms with van der Waals surface area (Å²) >= 11 is 0. The summed E-state index contributed by atoms with van der Waals surface area (Å²) in [5.74, 6) is -0.218. The Balaban J connectivity index is 2.20. The van der Waals surface area contributed by atoms with Crippen molar-refractivity contribution in [2.24, 2.45) is 0 Å². The molecule has 1 atom stereocenters. The van der Waals surface area contributed by atoms with Gasteiger partial charge < -0.3 is 10.2 Å². The SMILES string of the molecule is CNC(=O)C(C)N(Cc1ccc(C)cc1)C(=O)Cc1ccc(C)cc1. The van der Waals surface area contributed by atoms with Crippen LogP contribution in [0.4, 0.5) is 0 Å². The first-order chi connectivity index (χ1) is 11.9. The van der Waals surface area contributed by atoms with Gasteiger partial charge in [0.25, 0.3) is 0 Å². The molecule has 4 heteroatoms. The zero-order chi connectivity index (χ0) is 18.4. The van der Waals surface area contributed by atoms with Gasteiger partial charge in [-0.05, 0) is 31.9 Å². The van der Waals surface area contributed by atoms with Crippen molar-refractivity contribution in [1.29, 1.82) is 0 Å². The second-order valence-corrected chi connectivity index (χ2v) is 6.46. The van der Waals surface area contributed by atoms with Crippen LogP contribution in [-0.4, -0.2) is 29.8 Å². The number of likely N-dealkylation sites (N-methyl/N-ethyl adjacent to an activating group) is 1. The lowest BCUT2D eigenvalue weighted by Crippen LogP contribution is -2.47. The minimum Gasteiger partial charge on any atom is -0.357 e. The molecule has 0 aromatic heterocycles. The predicted octanol–water partition coefficient (Wildman–Crippen LogP) is 3.01. The fourth-order valence-corrected chi connectivity index (χ4v) is 2.66. The molecule has 2 rings (SSSR count). The molecule has 0 aliphatic rings. The van der Waals surface area contributed by atoms with Crippen LogP contribution in [0.2, 0.25) is 0 Å². The van der Waals surface area contributed by atoms with Crippen LogP contribution >= 0.6 is 0 Å². The van der Waals surface area contributed by atoms with Crippen LogP contribution < -0.4 is 5.32 Å². The number of carbonyl (C=O) groups excluding carboxylic acids is 2. The molecular weight excluding hydrogens is 312 g/mol. The molecule has 1 N–H and O–H groups in total. The lowest BCUT2D eigenvalue weighted by Gasteiger charge is -2.28. The van der Waals surface area contributed by atoms with Gasteiger partial charge in [-0.1, -0.05) is 59.7 Å². The monoisotopic (exact) mass is 338 g/mol. The minimum absolute atomic E-state index is 0.0551. The highest BCUT2D eigenvalue weighted by Crippen LogP contribution is 2.13. The van der Waals surface area contributed by atoms with E-state index < -0.39 is 6.04 Å². The lowest BCUT2D eigenvalue weighted by molar-refractivity contribution is -0.139. The summed E-state index contributed by atoms with van der Waals surface area (Å²) in [6, 6.07) is 15.4. The number of nitrogens with zero attached hydrogens (tertiary/aromatic N) is 1. The molecule has 0 aliphatic heterocycles. The Morgan fingerprint density at radius 1 is 0.920 bits per heavy atom. The molecule has 2 aromatic carbocycles. The second-order valence-electron chi connectivity index (χ2n) is 6.46.